The highest BCUT2D eigenvalue weighted by atomic mass is 32.2. The Morgan fingerprint density at radius 1 is 0.884 bits per heavy atom. The van der Waals surface area contributed by atoms with Crippen molar-refractivity contribution in [3.05, 3.63) is 61.3 Å². The number of amides is 2. The van der Waals surface area contributed by atoms with Gasteiger partial charge in [0.25, 0.3) is 0 Å². The molecule has 28 heteroatoms. The number of thioether (sulfide) groups is 1. The number of unbranched alkanes of at least 4 members (excludes halogenated alkanes) is 4. The lowest BCUT2D eigenvalue weighted by Gasteiger charge is -2.30. The summed E-state index contributed by atoms with van der Waals surface area (Å²) >= 11 is 1.13. The molecule has 10 N–H and O–H groups in total. The first-order valence-electron chi connectivity index (χ1n) is 22.2. The zero-order valence-electron chi connectivity index (χ0n) is 38.8. The fraction of sp³-hybridized carbons (Fsp3) is 0.610. The van der Waals surface area contributed by atoms with Gasteiger partial charge in [-0.05, 0) is 44.9 Å². The molecule has 0 bridgehead atoms. The fourth-order valence-corrected chi connectivity index (χ4v) is 9.90. The van der Waals surface area contributed by atoms with Crippen molar-refractivity contribution >= 4 is 69.1 Å². The van der Waals surface area contributed by atoms with Gasteiger partial charge in [-0.15, -0.1) is 0 Å². The largest absolute Gasteiger partial charge is 0.481 e. The highest BCUT2D eigenvalue weighted by Gasteiger charge is 2.50. The van der Waals surface area contributed by atoms with Crippen LogP contribution in [0.2, 0.25) is 0 Å². The number of nitrogens with zero attached hydrogens (tertiary/aromatic N) is 4. The number of fused-ring (bicyclic) bond motifs is 1. The molecule has 0 saturated carbocycles. The fourth-order valence-electron chi connectivity index (χ4n) is 6.35. The number of carbonyl (C=O) groups is 3. The van der Waals surface area contributed by atoms with Gasteiger partial charge in [0, 0.05) is 37.1 Å². The molecule has 1 aliphatic heterocycles. The maximum atomic E-state index is 12.7. The number of anilines is 1. The van der Waals surface area contributed by atoms with E-state index < -0.39 is 84.6 Å². The number of imidazole rings is 1. The predicted octanol–water partition coefficient (Wildman–Crippen LogP) is 4.81. The van der Waals surface area contributed by atoms with Crippen molar-refractivity contribution in [3.8, 4) is 0 Å². The van der Waals surface area contributed by atoms with E-state index in [2.05, 4.69) is 90.0 Å². The van der Waals surface area contributed by atoms with Crippen LogP contribution in [0.3, 0.4) is 0 Å². The maximum Gasteiger partial charge on any atom is 0.481 e. The average Bonchev–Trinajstić information content (AvgIpc) is 3.84. The molecule has 69 heavy (non-hydrogen) atoms. The number of allylic oxidation sites excluding steroid dienone is 8. The third-order valence-corrected chi connectivity index (χ3v) is 14.0. The molecular weight excluding hydrogens is 987 g/mol. The summed E-state index contributed by atoms with van der Waals surface area (Å²) in [7, 11) is -16.4. The molecule has 7 atom stereocenters. The van der Waals surface area contributed by atoms with Crippen molar-refractivity contribution in [3.63, 3.8) is 0 Å². The Bertz CT molecular complexity index is 2220. The average molecular weight is 1050 g/mol. The zero-order valence-corrected chi connectivity index (χ0v) is 42.3. The topological polar surface area (TPSA) is 364 Å². The summed E-state index contributed by atoms with van der Waals surface area (Å²) < 4.78 is 62.4. The van der Waals surface area contributed by atoms with Crippen LogP contribution in [0.4, 0.5) is 5.82 Å². The monoisotopic (exact) mass is 1050 g/mol. The lowest BCUT2D eigenvalue weighted by molar-refractivity contribution is -0.137. The summed E-state index contributed by atoms with van der Waals surface area (Å²) in [6.07, 6.45) is 19.6. The lowest BCUT2D eigenvalue weighted by atomic mass is 9.87. The Balaban J connectivity index is 1.29. The van der Waals surface area contributed by atoms with Gasteiger partial charge in [-0.25, -0.2) is 28.6 Å². The number of nitrogens with one attached hydrogen (secondary N) is 2. The molecule has 3 rings (SSSR count). The van der Waals surface area contributed by atoms with E-state index in [0.717, 1.165) is 86.8 Å². The first kappa shape index (κ1) is 59.8. The van der Waals surface area contributed by atoms with Crippen LogP contribution in [-0.4, -0.2) is 123 Å². The van der Waals surface area contributed by atoms with Gasteiger partial charge in [-0.3, -0.25) is 32.5 Å². The number of hydrogen-bond donors (Lipinski definition) is 9. The number of aliphatic hydroxyl groups is 2. The summed E-state index contributed by atoms with van der Waals surface area (Å²) in [5.74, 6) is -1.06. The minimum atomic E-state index is -5.58. The molecule has 4 unspecified atom stereocenters. The molecule has 24 nitrogen and oxygen atoms in total. The quantitative estimate of drug-likeness (QED) is 0.0263. The Morgan fingerprint density at radius 3 is 2.19 bits per heavy atom. The molecule has 0 aromatic carbocycles. The first-order chi connectivity index (χ1) is 32.6. The highest BCUT2D eigenvalue weighted by Crippen LogP contribution is 2.61. The van der Waals surface area contributed by atoms with Crippen LogP contribution in [0, 0.1) is 5.41 Å². The van der Waals surface area contributed by atoms with E-state index >= 15 is 0 Å². The van der Waals surface area contributed by atoms with E-state index in [0.29, 0.717) is 12.2 Å². The number of carbonyl (C=O) groups excluding carboxylic acids is 3. The minimum Gasteiger partial charge on any atom is -0.386 e. The van der Waals surface area contributed by atoms with E-state index in [1.165, 1.54) is 13.8 Å². The van der Waals surface area contributed by atoms with Crippen molar-refractivity contribution in [1.29, 1.82) is 0 Å². The molecule has 3 heterocycles. The number of nitrogens with two attached hydrogens (primary N) is 1. The number of phosphoric ester groups is 3. The molecule has 1 saturated heterocycles. The smallest absolute Gasteiger partial charge is 0.386 e. The minimum absolute atomic E-state index is 0.0310. The molecule has 1 fully saturated rings. The number of phosphoric acid groups is 3. The van der Waals surface area contributed by atoms with Crippen molar-refractivity contribution in [2.45, 2.75) is 122 Å². The molecule has 0 aliphatic carbocycles. The molecule has 1 aliphatic rings. The third kappa shape index (κ3) is 22.6. The van der Waals surface area contributed by atoms with Gasteiger partial charge >= 0.3 is 23.5 Å². The van der Waals surface area contributed by atoms with Crippen LogP contribution >= 0.6 is 35.2 Å². The van der Waals surface area contributed by atoms with E-state index in [1.807, 2.05) is 0 Å². The number of aliphatic hydroxyl groups excluding tert-OH is 2. The summed E-state index contributed by atoms with van der Waals surface area (Å²) in [6, 6.07) is 0. The van der Waals surface area contributed by atoms with Gasteiger partial charge in [-0.2, -0.15) is 4.31 Å². The second-order valence-corrected chi connectivity index (χ2v) is 21.6. The maximum absolute atomic E-state index is 12.7. The first-order valence-corrected chi connectivity index (χ1v) is 27.7. The van der Waals surface area contributed by atoms with Gasteiger partial charge in [0.1, 0.15) is 36.3 Å². The second kappa shape index (κ2) is 29.8. The molecule has 2 aromatic heterocycles. The summed E-state index contributed by atoms with van der Waals surface area (Å²) in [6.45, 7) is 2.65. The van der Waals surface area contributed by atoms with E-state index in [1.54, 1.807) is 0 Å². The van der Waals surface area contributed by atoms with Gasteiger partial charge in [0.2, 0.25) is 11.8 Å². The molecule has 0 radical (unpaired) electrons. The zero-order chi connectivity index (χ0) is 51.1. The van der Waals surface area contributed by atoms with Gasteiger partial charge in [-0.1, -0.05) is 94.0 Å². The van der Waals surface area contributed by atoms with E-state index in [-0.39, 0.29) is 41.6 Å². The number of nitrogen functional groups attached to an aromatic ring is 1. The normalized spacial score (nSPS) is 20.3. The molecule has 0 spiro atoms. The van der Waals surface area contributed by atoms with E-state index in [9.17, 15) is 57.9 Å². The summed E-state index contributed by atoms with van der Waals surface area (Å²) in [5, 5.41) is 26.6. The van der Waals surface area contributed by atoms with E-state index in [4.69, 9.17) is 19.5 Å². The third-order valence-electron chi connectivity index (χ3n) is 9.99. The van der Waals surface area contributed by atoms with Gasteiger partial charge < -0.3 is 50.9 Å². The van der Waals surface area contributed by atoms with Crippen LogP contribution in [0.15, 0.2) is 61.3 Å². The van der Waals surface area contributed by atoms with Crippen LogP contribution in [0.5, 0.6) is 0 Å². The Morgan fingerprint density at radius 2 is 1.52 bits per heavy atom. The Labute approximate surface area is 405 Å². The van der Waals surface area contributed by atoms with Crippen LogP contribution in [0.1, 0.15) is 97.6 Å². The van der Waals surface area contributed by atoms with Crippen molar-refractivity contribution < 1.29 is 80.5 Å². The number of rotatable bonds is 33. The Hall–Kier alpha value is -3.48. The molecule has 2 amide bonds. The highest BCUT2D eigenvalue weighted by molar-refractivity contribution is 8.13. The van der Waals surface area contributed by atoms with Crippen molar-refractivity contribution in [1.82, 2.24) is 30.2 Å². The van der Waals surface area contributed by atoms with Crippen LogP contribution < -0.4 is 16.4 Å². The van der Waals surface area contributed by atoms with Crippen molar-refractivity contribution in [2.75, 3.05) is 37.8 Å². The SMILES string of the molecule is CC/C=C\C/C=C\C/C=C\C/C=C\CCCCCCC(=O)SCCNC(=O)CCNC(=O)[C@H](O)C(C)(C)COP(=O)(O)OP(=O)(O)OC[C@H]1O[C@@H](n2cnc3c(N)ncnc32)C(O)C1OP(=O)(O)O. The predicted molar refractivity (Wildman–Crippen MR) is 256 cm³/mol. The Kier molecular flexibility index (Phi) is 25.8. The molecule has 388 valence electrons. The van der Waals surface area contributed by atoms with Crippen LogP contribution in [0.25, 0.3) is 11.2 Å². The van der Waals surface area contributed by atoms with Gasteiger partial charge in [0.05, 0.1) is 19.5 Å². The lowest BCUT2D eigenvalue weighted by Crippen LogP contribution is -2.46. The molecular formula is C41H66N7O17P3S. The molecule has 2 aromatic rings. The number of aromatic nitrogens is 4. The number of hydrogen-bond acceptors (Lipinski definition) is 18. The van der Waals surface area contributed by atoms with Gasteiger partial charge in [0.15, 0.2) is 22.8 Å². The summed E-state index contributed by atoms with van der Waals surface area (Å²) in [5.41, 5.74) is 4.28. The van der Waals surface area contributed by atoms with Crippen molar-refractivity contribution in [2.24, 2.45) is 5.41 Å². The second-order valence-electron chi connectivity index (χ2n) is 16.2. The standard InChI is InChI=1S/C41H66N7O17P3S/c1-4-5-6-7-8-9-10-11-12-13-14-15-16-17-18-19-20-21-32(50)69-25-24-43-31(49)22-23-44-39(53)36(52)41(2,3)27-62-68(59,60)65-67(57,58)61-26-30-35(64-66(54,55)56)34(51)40(63-30)48-29-47-33-37(42)45-28-46-38(33)48/h5-6,8-9,11-12,14-15,28-30,34-36,40,51-52H,4,7,10,13,16-27H2,1-3H3,(H,43,49)(H,44,53)(H,57,58)(H,59,60)(H2,42,45,46)(H2,54,55,56)/b6-5-,9-8-,12-11-,15-14-/t30-,34?,35?,36+,40-/m1/s1. The van der Waals surface area contributed by atoms with Crippen LogP contribution in [-0.2, 0) is 50.7 Å². The number of ether oxygens (including phenoxy) is 1. The summed E-state index contributed by atoms with van der Waals surface area (Å²) in [4.78, 5) is 88.4.